The molecule has 4 aromatic heterocycles. The van der Waals surface area contributed by atoms with Gasteiger partial charge in [-0.2, -0.15) is 9.97 Å². The minimum Gasteiger partial charge on any atom is -0.456 e. The van der Waals surface area contributed by atoms with Gasteiger partial charge in [-0.15, -0.1) is 0 Å². The summed E-state index contributed by atoms with van der Waals surface area (Å²) in [6.45, 7) is 0. The summed E-state index contributed by atoms with van der Waals surface area (Å²) in [6, 6.07) is 58.3. The Bertz CT molecular complexity index is 3420. The lowest BCUT2D eigenvalue weighted by molar-refractivity contribution is 0.669. The molecule has 6 nitrogen and oxygen atoms in total. The Balaban J connectivity index is 1.33. The van der Waals surface area contributed by atoms with Crippen LogP contribution in [0, 0.1) is 0 Å². The van der Waals surface area contributed by atoms with E-state index in [0.717, 1.165) is 98.7 Å². The third-order valence-electron chi connectivity index (χ3n) is 10.8. The van der Waals surface area contributed by atoms with Gasteiger partial charge in [-0.3, -0.25) is 4.57 Å². The average molecular weight is 705 g/mol. The van der Waals surface area contributed by atoms with Gasteiger partial charge in [0.25, 0.3) is 0 Å². The number of hydrogen-bond donors (Lipinski definition) is 0. The van der Waals surface area contributed by atoms with Gasteiger partial charge in [0.2, 0.25) is 5.95 Å². The maximum atomic E-state index is 6.97. The molecular weight excluding hydrogens is 677 g/mol. The van der Waals surface area contributed by atoms with Crippen LogP contribution in [0.25, 0.3) is 116 Å². The van der Waals surface area contributed by atoms with Gasteiger partial charge in [0.05, 0.1) is 16.4 Å². The van der Waals surface area contributed by atoms with E-state index in [1.807, 2.05) is 84.9 Å². The molecule has 0 amide bonds. The number of para-hydroxylation sites is 2. The summed E-state index contributed by atoms with van der Waals surface area (Å²) in [4.78, 5) is 15.6. The van der Waals surface area contributed by atoms with Crippen LogP contribution >= 0.6 is 0 Å². The summed E-state index contributed by atoms with van der Waals surface area (Å²) in [6.07, 6.45) is 0. The Morgan fingerprint density at radius 1 is 0.364 bits per heavy atom. The minimum atomic E-state index is 0.520. The van der Waals surface area contributed by atoms with Crippen molar-refractivity contribution in [2.45, 2.75) is 0 Å². The number of furan rings is 2. The number of hydrogen-bond acceptors (Lipinski definition) is 5. The first-order valence-electron chi connectivity index (χ1n) is 18.4. The Morgan fingerprint density at radius 3 is 1.60 bits per heavy atom. The van der Waals surface area contributed by atoms with E-state index in [1.54, 1.807) is 0 Å². The lowest BCUT2D eigenvalue weighted by atomic mass is 9.95. The van der Waals surface area contributed by atoms with Crippen LogP contribution in [0.3, 0.4) is 0 Å². The SMILES string of the molecule is c1ccc(-c2ccc3c4c5oc6ccccc6c5c5c(ccc6oc7ccccc7c65)c4n(-c4nc(-c5ccccc5)nc(-c5ccccc5)n4)c3c2)cc1. The van der Waals surface area contributed by atoms with Crippen molar-refractivity contribution >= 4 is 76.5 Å². The smallest absolute Gasteiger partial charge is 0.238 e. The normalized spacial score (nSPS) is 12.0. The van der Waals surface area contributed by atoms with Crippen molar-refractivity contribution < 1.29 is 8.83 Å². The molecule has 0 fully saturated rings. The van der Waals surface area contributed by atoms with Crippen LogP contribution in [0.2, 0.25) is 0 Å². The van der Waals surface area contributed by atoms with Crippen LogP contribution in [0.1, 0.15) is 0 Å². The zero-order valence-corrected chi connectivity index (χ0v) is 29.3. The highest BCUT2D eigenvalue weighted by atomic mass is 16.3. The first-order chi connectivity index (χ1) is 27.3. The predicted molar refractivity (Wildman–Crippen MR) is 223 cm³/mol. The van der Waals surface area contributed by atoms with Gasteiger partial charge in [0, 0.05) is 48.8 Å². The highest BCUT2D eigenvalue weighted by Gasteiger charge is 2.27. The van der Waals surface area contributed by atoms with Crippen molar-refractivity contribution in [3.8, 4) is 39.9 Å². The Labute approximate surface area is 313 Å². The van der Waals surface area contributed by atoms with Gasteiger partial charge in [-0.1, -0.05) is 140 Å². The average Bonchev–Trinajstić information content (AvgIpc) is 3.94. The molecule has 0 aliphatic carbocycles. The fourth-order valence-electron chi connectivity index (χ4n) is 8.43. The number of aromatic nitrogens is 4. The van der Waals surface area contributed by atoms with E-state index >= 15 is 0 Å². The monoisotopic (exact) mass is 704 g/mol. The molecule has 0 saturated carbocycles. The second kappa shape index (κ2) is 11.5. The summed E-state index contributed by atoms with van der Waals surface area (Å²) < 4.78 is 15.7. The maximum absolute atomic E-state index is 6.97. The third-order valence-corrected chi connectivity index (χ3v) is 10.8. The van der Waals surface area contributed by atoms with Crippen molar-refractivity contribution in [2.75, 3.05) is 0 Å². The van der Waals surface area contributed by atoms with Crippen LogP contribution in [-0.4, -0.2) is 19.5 Å². The molecule has 0 N–H and O–H groups in total. The van der Waals surface area contributed by atoms with Crippen molar-refractivity contribution in [1.82, 2.24) is 19.5 Å². The van der Waals surface area contributed by atoms with Crippen LogP contribution in [-0.2, 0) is 0 Å². The van der Waals surface area contributed by atoms with Gasteiger partial charge < -0.3 is 8.83 Å². The quantitative estimate of drug-likeness (QED) is 0.182. The zero-order valence-electron chi connectivity index (χ0n) is 29.3. The van der Waals surface area contributed by atoms with Gasteiger partial charge in [-0.05, 0) is 41.5 Å². The van der Waals surface area contributed by atoms with Gasteiger partial charge >= 0.3 is 0 Å². The molecule has 8 aromatic carbocycles. The molecule has 0 aliphatic rings. The number of rotatable bonds is 4. The second-order valence-corrected chi connectivity index (χ2v) is 13.9. The molecule has 256 valence electrons. The van der Waals surface area contributed by atoms with E-state index in [2.05, 4.69) is 89.5 Å². The summed E-state index contributed by atoms with van der Waals surface area (Å²) in [5, 5.41) is 8.40. The highest BCUT2D eigenvalue weighted by molar-refractivity contribution is 6.40. The Morgan fingerprint density at radius 2 is 0.927 bits per heavy atom. The number of nitrogens with zero attached hydrogens (tertiary/aromatic N) is 4. The summed E-state index contributed by atoms with van der Waals surface area (Å²) in [5.41, 5.74) is 9.26. The Hall–Kier alpha value is -7.57. The lowest BCUT2D eigenvalue weighted by Crippen LogP contribution is -2.06. The predicted octanol–water partition coefficient (Wildman–Crippen LogP) is 12.9. The first kappa shape index (κ1) is 29.9. The Kier molecular flexibility index (Phi) is 6.24. The molecule has 12 aromatic rings. The van der Waals surface area contributed by atoms with Gasteiger partial charge in [0.1, 0.15) is 22.3 Å². The molecule has 0 atom stereocenters. The zero-order chi connectivity index (χ0) is 36.0. The van der Waals surface area contributed by atoms with E-state index in [9.17, 15) is 0 Å². The van der Waals surface area contributed by atoms with Crippen molar-refractivity contribution in [1.29, 1.82) is 0 Å². The molecule has 0 bridgehead atoms. The summed E-state index contributed by atoms with van der Waals surface area (Å²) in [5.74, 6) is 1.71. The molecule has 6 heteroatoms. The number of benzene rings is 8. The molecule has 0 unspecified atom stereocenters. The van der Waals surface area contributed by atoms with E-state index in [4.69, 9.17) is 23.8 Å². The van der Waals surface area contributed by atoms with Crippen LogP contribution in [0.5, 0.6) is 0 Å². The molecule has 4 heterocycles. The van der Waals surface area contributed by atoms with Crippen molar-refractivity contribution in [3.05, 3.63) is 170 Å². The highest BCUT2D eigenvalue weighted by Crippen LogP contribution is 2.49. The van der Waals surface area contributed by atoms with E-state index in [1.165, 1.54) is 0 Å². The van der Waals surface area contributed by atoms with Gasteiger partial charge in [0.15, 0.2) is 11.6 Å². The fraction of sp³-hybridized carbons (Fsp3) is 0. The fourth-order valence-corrected chi connectivity index (χ4v) is 8.43. The van der Waals surface area contributed by atoms with Crippen LogP contribution in [0.15, 0.2) is 179 Å². The molecule has 0 saturated heterocycles. The molecule has 0 spiro atoms. The third kappa shape index (κ3) is 4.39. The molecule has 0 radical (unpaired) electrons. The molecule has 55 heavy (non-hydrogen) atoms. The van der Waals surface area contributed by atoms with E-state index in [-0.39, 0.29) is 0 Å². The van der Waals surface area contributed by atoms with Crippen LogP contribution < -0.4 is 0 Å². The molecule has 0 aliphatic heterocycles. The maximum Gasteiger partial charge on any atom is 0.238 e. The summed E-state index contributed by atoms with van der Waals surface area (Å²) >= 11 is 0. The van der Waals surface area contributed by atoms with Crippen molar-refractivity contribution in [3.63, 3.8) is 0 Å². The standard InChI is InChI=1S/C49H28N4O2/c1-4-14-29(15-5-1)32-24-25-33-37(28-32)53(49-51-47(30-16-6-2-7-17-30)50-48(52-49)31-18-8-3-9-19-31)45-36-26-27-40-41(34-20-10-12-22-38(34)54-40)42(36)43-35-21-11-13-23-39(35)55-46(43)44(33)45/h1-28H. The minimum absolute atomic E-state index is 0.520. The van der Waals surface area contributed by atoms with Gasteiger partial charge in [-0.25, -0.2) is 4.98 Å². The van der Waals surface area contributed by atoms with Crippen molar-refractivity contribution in [2.24, 2.45) is 0 Å². The first-order valence-corrected chi connectivity index (χ1v) is 18.4. The molecule has 12 rings (SSSR count). The van der Waals surface area contributed by atoms with E-state index < -0.39 is 0 Å². The topological polar surface area (TPSA) is 69.9 Å². The van der Waals surface area contributed by atoms with Crippen LogP contribution in [0.4, 0.5) is 0 Å². The number of fused-ring (bicyclic) bond motifs is 14. The van der Waals surface area contributed by atoms with E-state index in [0.29, 0.717) is 17.6 Å². The summed E-state index contributed by atoms with van der Waals surface area (Å²) in [7, 11) is 0. The molecular formula is C49H28N4O2. The largest absolute Gasteiger partial charge is 0.456 e. The second-order valence-electron chi connectivity index (χ2n) is 13.9. The lowest BCUT2D eigenvalue weighted by Gasteiger charge is -2.13.